The van der Waals surface area contributed by atoms with Crippen LogP contribution in [0.2, 0.25) is 0 Å². The van der Waals surface area contributed by atoms with Crippen molar-refractivity contribution >= 4 is 12.4 Å². The van der Waals surface area contributed by atoms with Crippen molar-refractivity contribution in [3.63, 3.8) is 0 Å². The number of rotatable bonds is 4. The summed E-state index contributed by atoms with van der Waals surface area (Å²) in [6, 6.07) is 4.38. The summed E-state index contributed by atoms with van der Waals surface area (Å²) in [7, 11) is 1.52. The zero-order valence-corrected chi connectivity index (χ0v) is 10.5. The molecule has 0 spiro atoms. The molecule has 96 valence electrons. The predicted molar refractivity (Wildman–Crippen MR) is 67.6 cm³/mol. The summed E-state index contributed by atoms with van der Waals surface area (Å²) in [4.78, 5) is 0. The zero-order chi connectivity index (χ0) is 11.7. The first-order valence-corrected chi connectivity index (χ1v) is 5.44. The average molecular weight is 260 g/mol. The van der Waals surface area contributed by atoms with Crippen LogP contribution in [0.25, 0.3) is 0 Å². The topological polar surface area (TPSA) is 75.7 Å². The van der Waals surface area contributed by atoms with Crippen LogP contribution in [0.5, 0.6) is 11.5 Å². The van der Waals surface area contributed by atoms with Crippen LogP contribution < -0.4 is 10.5 Å². The standard InChI is InChI=1S/C12H17NO3.ClH/c1-16-9-4-2-3-8(14)10(9)11(13)12(15)7-5-6-7;/h2-4,7,11-12,14-15H,5-6,13H2,1H3;1H/t11-,12+;/m0./s1. The summed E-state index contributed by atoms with van der Waals surface area (Å²) in [6.07, 6.45) is 1.40. The van der Waals surface area contributed by atoms with Gasteiger partial charge in [-0.15, -0.1) is 12.4 Å². The zero-order valence-electron chi connectivity index (χ0n) is 9.67. The van der Waals surface area contributed by atoms with Crippen molar-refractivity contribution in [2.75, 3.05) is 7.11 Å². The number of ether oxygens (including phenoxy) is 1. The molecular weight excluding hydrogens is 242 g/mol. The summed E-state index contributed by atoms with van der Waals surface area (Å²) >= 11 is 0. The Bertz CT molecular complexity index is 382. The SMILES string of the molecule is COc1cccc(O)c1[C@H](N)[C@H](O)C1CC1.Cl. The number of phenols is 1. The van der Waals surface area contributed by atoms with Crippen molar-refractivity contribution in [2.24, 2.45) is 11.7 Å². The molecule has 0 heterocycles. The number of methoxy groups -OCH3 is 1. The molecule has 0 radical (unpaired) electrons. The number of aliphatic hydroxyl groups excluding tert-OH is 1. The van der Waals surface area contributed by atoms with Gasteiger partial charge in [-0.3, -0.25) is 0 Å². The second-order valence-corrected chi connectivity index (χ2v) is 4.25. The molecule has 2 rings (SSSR count). The summed E-state index contributed by atoms with van der Waals surface area (Å²) in [5, 5.41) is 19.7. The third kappa shape index (κ3) is 2.83. The molecule has 1 fully saturated rings. The van der Waals surface area contributed by atoms with Gasteiger partial charge in [0, 0.05) is 0 Å². The molecule has 0 unspecified atom stereocenters. The quantitative estimate of drug-likeness (QED) is 0.768. The monoisotopic (exact) mass is 259 g/mol. The van der Waals surface area contributed by atoms with E-state index in [1.165, 1.54) is 7.11 Å². The molecule has 5 heteroatoms. The summed E-state index contributed by atoms with van der Waals surface area (Å²) in [5.74, 6) is 0.859. The van der Waals surface area contributed by atoms with Crippen molar-refractivity contribution in [1.82, 2.24) is 0 Å². The molecule has 1 aromatic carbocycles. The Hall–Kier alpha value is -0.970. The Labute approximate surface area is 107 Å². The van der Waals surface area contributed by atoms with Crippen LogP contribution >= 0.6 is 12.4 Å². The second kappa shape index (κ2) is 5.58. The van der Waals surface area contributed by atoms with Crippen molar-refractivity contribution in [3.05, 3.63) is 23.8 Å². The fraction of sp³-hybridized carbons (Fsp3) is 0.500. The Morgan fingerprint density at radius 2 is 2.06 bits per heavy atom. The van der Waals surface area contributed by atoms with Gasteiger partial charge in [0.15, 0.2) is 0 Å². The van der Waals surface area contributed by atoms with E-state index in [1.807, 2.05) is 0 Å². The first kappa shape index (κ1) is 14.1. The van der Waals surface area contributed by atoms with Crippen LogP contribution in [-0.4, -0.2) is 23.4 Å². The smallest absolute Gasteiger partial charge is 0.127 e. The van der Waals surface area contributed by atoms with Gasteiger partial charge in [0.05, 0.1) is 24.8 Å². The molecule has 1 aromatic rings. The molecule has 0 saturated heterocycles. The van der Waals surface area contributed by atoms with Gasteiger partial charge in [0.25, 0.3) is 0 Å². The summed E-state index contributed by atoms with van der Waals surface area (Å²) in [5.41, 5.74) is 6.46. The van der Waals surface area contributed by atoms with Crippen LogP contribution in [0.3, 0.4) is 0 Å². The summed E-state index contributed by atoms with van der Waals surface area (Å²) in [6.45, 7) is 0. The number of phenolic OH excluding ortho intramolecular Hbond substituents is 1. The van der Waals surface area contributed by atoms with E-state index < -0.39 is 12.1 Å². The minimum absolute atomic E-state index is 0. The minimum atomic E-state index is -0.609. The third-order valence-electron chi connectivity index (χ3n) is 3.07. The van der Waals surface area contributed by atoms with Gasteiger partial charge < -0.3 is 20.7 Å². The van der Waals surface area contributed by atoms with Crippen molar-refractivity contribution in [2.45, 2.75) is 25.0 Å². The van der Waals surface area contributed by atoms with Gasteiger partial charge in [-0.1, -0.05) is 6.07 Å². The van der Waals surface area contributed by atoms with Gasteiger partial charge in [-0.05, 0) is 30.9 Å². The molecule has 2 atom stereocenters. The van der Waals surface area contributed by atoms with E-state index in [2.05, 4.69) is 0 Å². The Morgan fingerprint density at radius 1 is 1.41 bits per heavy atom. The first-order valence-electron chi connectivity index (χ1n) is 5.44. The number of aromatic hydroxyl groups is 1. The van der Waals surface area contributed by atoms with E-state index in [0.717, 1.165) is 12.8 Å². The molecular formula is C12H18ClNO3. The molecule has 1 aliphatic carbocycles. The predicted octanol–water partition coefficient (Wildman–Crippen LogP) is 1.59. The molecule has 0 aliphatic heterocycles. The van der Waals surface area contributed by atoms with Gasteiger partial charge >= 0.3 is 0 Å². The summed E-state index contributed by atoms with van der Waals surface area (Å²) < 4.78 is 5.15. The third-order valence-corrected chi connectivity index (χ3v) is 3.07. The maximum atomic E-state index is 9.96. The Morgan fingerprint density at radius 3 is 2.59 bits per heavy atom. The van der Waals surface area contributed by atoms with Gasteiger partial charge in [0.2, 0.25) is 0 Å². The van der Waals surface area contributed by atoms with Crippen molar-refractivity contribution in [1.29, 1.82) is 0 Å². The molecule has 17 heavy (non-hydrogen) atoms. The van der Waals surface area contributed by atoms with Gasteiger partial charge in [0.1, 0.15) is 11.5 Å². The van der Waals surface area contributed by atoms with Crippen LogP contribution in [0.1, 0.15) is 24.4 Å². The number of hydrogen-bond acceptors (Lipinski definition) is 4. The Kier molecular flexibility index (Phi) is 4.62. The molecule has 4 N–H and O–H groups in total. The van der Waals surface area contributed by atoms with Crippen LogP contribution in [0.4, 0.5) is 0 Å². The maximum Gasteiger partial charge on any atom is 0.127 e. The lowest BCUT2D eigenvalue weighted by molar-refractivity contribution is 0.120. The lowest BCUT2D eigenvalue weighted by atomic mass is 9.97. The van der Waals surface area contributed by atoms with E-state index >= 15 is 0 Å². The molecule has 0 bridgehead atoms. The van der Waals surface area contributed by atoms with E-state index in [9.17, 15) is 10.2 Å². The highest BCUT2D eigenvalue weighted by Crippen LogP contribution is 2.41. The van der Waals surface area contributed by atoms with E-state index in [1.54, 1.807) is 18.2 Å². The highest BCUT2D eigenvalue weighted by Gasteiger charge is 2.36. The van der Waals surface area contributed by atoms with Crippen LogP contribution in [0, 0.1) is 5.92 Å². The van der Waals surface area contributed by atoms with Gasteiger partial charge in [-0.25, -0.2) is 0 Å². The molecule has 1 aliphatic rings. The number of hydrogen-bond donors (Lipinski definition) is 3. The molecule has 4 nitrogen and oxygen atoms in total. The first-order chi connectivity index (χ1) is 7.65. The highest BCUT2D eigenvalue weighted by atomic mass is 35.5. The van der Waals surface area contributed by atoms with E-state index in [4.69, 9.17) is 10.5 Å². The molecule has 0 amide bonds. The second-order valence-electron chi connectivity index (χ2n) is 4.25. The van der Waals surface area contributed by atoms with Crippen LogP contribution in [-0.2, 0) is 0 Å². The lowest BCUT2D eigenvalue weighted by Crippen LogP contribution is -2.28. The van der Waals surface area contributed by atoms with E-state index in [-0.39, 0.29) is 24.1 Å². The fourth-order valence-corrected chi connectivity index (χ4v) is 1.95. The lowest BCUT2D eigenvalue weighted by Gasteiger charge is -2.21. The fourth-order valence-electron chi connectivity index (χ4n) is 1.95. The van der Waals surface area contributed by atoms with Crippen molar-refractivity contribution in [3.8, 4) is 11.5 Å². The normalized spacial score (nSPS) is 18.1. The Balaban J connectivity index is 0.00000144. The number of halogens is 1. The molecule has 1 saturated carbocycles. The average Bonchev–Trinajstić information content (AvgIpc) is 3.10. The van der Waals surface area contributed by atoms with Crippen LogP contribution in [0.15, 0.2) is 18.2 Å². The highest BCUT2D eigenvalue weighted by molar-refractivity contribution is 5.85. The molecule has 0 aromatic heterocycles. The maximum absolute atomic E-state index is 9.96. The largest absolute Gasteiger partial charge is 0.507 e. The van der Waals surface area contributed by atoms with Gasteiger partial charge in [-0.2, -0.15) is 0 Å². The van der Waals surface area contributed by atoms with E-state index in [0.29, 0.717) is 11.3 Å². The number of aliphatic hydroxyl groups is 1. The van der Waals surface area contributed by atoms with Crippen molar-refractivity contribution < 1.29 is 14.9 Å². The minimum Gasteiger partial charge on any atom is -0.507 e. The number of benzene rings is 1. The number of nitrogens with two attached hydrogens (primary N) is 1.